The molecule has 1 aromatic heterocycles. The molecule has 1 N–H and O–H groups in total. The molecule has 0 atom stereocenters. The zero-order chi connectivity index (χ0) is 17.8. The lowest BCUT2D eigenvalue weighted by atomic mass is 10.0. The van der Waals surface area contributed by atoms with Crippen molar-refractivity contribution in [2.24, 2.45) is 0 Å². The Morgan fingerprint density at radius 3 is 2.46 bits per heavy atom. The lowest BCUT2D eigenvalue weighted by molar-refractivity contribution is -0.161. The summed E-state index contributed by atoms with van der Waals surface area (Å²) in [5, 5.41) is 9.17. The van der Waals surface area contributed by atoms with Crippen LogP contribution in [-0.4, -0.2) is 28.8 Å². The molecule has 0 unspecified atom stereocenters. The van der Waals surface area contributed by atoms with Gasteiger partial charge in [0.2, 0.25) is 5.88 Å². The normalized spacial score (nSPS) is 16.0. The number of carbonyl (C=O) groups is 1. The summed E-state index contributed by atoms with van der Waals surface area (Å²) in [6.45, 7) is 2.35. The Kier molecular flexibility index (Phi) is 5.72. The summed E-state index contributed by atoms with van der Waals surface area (Å²) < 4.78 is 45.0. The van der Waals surface area contributed by atoms with Gasteiger partial charge in [-0.25, -0.2) is 9.78 Å². The van der Waals surface area contributed by atoms with Crippen molar-refractivity contribution in [3.8, 4) is 5.88 Å². The summed E-state index contributed by atoms with van der Waals surface area (Å²) in [7, 11) is 0. The van der Waals surface area contributed by atoms with Crippen molar-refractivity contribution in [3.05, 3.63) is 23.4 Å². The Hall–Kier alpha value is -1.79. The molecular formula is C17H22F3NO3. The number of nitrogens with zero attached hydrogens (tertiary/aromatic N) is 1. The van der Waals surface area contributed by atoms with E-state index in [1.807, 2.05) is 0 Å². The van der Waals surface area contributed by atoms with Crippen LogP contribution in [0.2, 0.25) is 0 Å². The van der Waals surface area contributed by atoms with E-state index >= 15 is 0 Å². The van der Waals surface area contributed by atoms with Gasteiger partial charge in [0.15, 0.2) is 0 Å². The largest absolute Gasteiger partial charge is 0.477 e. The van der Waals surface area contributed by atoms with Gasteiger partial charge in [-0.05, 0) is 31.4 Å². The Labute approximate surface area is 139 Å². The van der Waals surface area contributed by atoms with Gasteiger partial charge in [-0.2, -0.15) is 13.2 Å². The Bertz CT molecular complexity index is 583. The van der Waals surface area contributed by atoms with E-state index in [0.29, 0.717) is 0 Å². The van der Waals surface area contributed by atoms with Crippen molar-refractivity contribution in [2.45, 2.75) is 63.5 Å². The van der Waals surface area contributed by atoms with Crippen LogP contribution in [0.3, 0.4) is 0 Å². The van der Waals surface area contributed by atoms with Crippen LogP contribution in [0.15, 0.2) is 12.1 Å². The van der Waals surface area contributed by atoms with Crippen molar-refractivity contribution in [3.63, 3.8) is 0 Å². The van der Waals surface area contributed by atoms with Crippen molar-refractivity contribution < 1.29 is 27.8 Å². The number of aromatic carboxylic acids is 1. The number of unbranched alkanes of at least 4 members (excludes halogenated alkanes) is 4. The molecule has 4 nitrogen and oxygen atoms in total. The Balaban J connectivity index is 2.10. The molecule has 0 aromatic carbocycles. The van der Waals surface area contributed by atoms with Crippen LogP contribution in [0.5, 0.6) is 5.88 Å². The van der Waals surface area contributed by atoms with Crippen LogP contribution in [0.4, 0.5) is 13.2 Å². The van der Waals surface area contributed by atoms with Crippen LogP contribution in [0.25, 0.3) is 0 Å². The first-order chi connectivity index (χ1) is 11.3. The molecule has 134 valence electrons. The highest BCUT2D eigenvalue weighted by Gasteiger charge is 2.65. The van der Waals surface area contributed by atoms with Crippen molar-refractivity contribution >= 4 is 5.97 Å². The maximum absolute atomic E-state index is 13.2. The van der Waals surface area contributed by atoms with E-state index in [1.54, 1.807) is 0 Å². The minimum atomic E-state index is -4.39. The van der Waals surface area contributed by atoms with Gasteiger partial charge >= 0.3 is 12.1 Å². The molecule has 2 rings (SSSR count). The minimum absolute atomic E-state index is 0.0215. The van der Waals surface area contributed by atoms with E-state index in [4.69, 9.17) is 9.84 Å². The molecule has 0 saturated heterocycles. The molecule has 1 heterocycles. The fraction of sp³-hybridized carbons (Fsp3) is 0.647. The molecule has 1 fully saturated rings. The molecule has 0 radical (unpaired) electrons. The number of aromatic nitrogens is 1. The number of hydrogen-bond acceptors (Lipinski definition) is 3. The van der Waals surface area contributed by atoms with Gasteiger partial charge in [0.05, 0.1) is 12.3 Å². The first-order valence-electron chi connectivity index (χ1n) is 8.26. The highest BCUT2D eigenvalue weighted by molar-refractivity contribution is 5.90. The van der Waals surface area contributed by atoms with Gasteiger partial charge in [-0.1, -0.05) is 32.6 Å². The van der Waals surface area contributed by atoms with E-state index in [2.05, 4.69) is 11.9 Å². The average molecular weight is 345 g/mol. The summed E-state index contributed by atoms with van der Waals surface area (Å²) in [4.78, 5) is 15.1. The topological polar surface area (TPSA) is 59.4 Å². The maximum Gasteiger partial charge on any atom is 0.399 e. The van der Waals surface area contributed by atoms with Gasteiger partial charge in [-0.3, -0.25) is 0 Å². The predicted octanol–water partition coefficient (Wildman–Crippen LogP) is 4.72. The monoisotopic (exact) mass is 345 g/mol. The number of alkyl halides is 3. The SMILES string of the molecule is CCCCCCCOc1nc(C2(C(F)(F)F)CC2)ccc1C(=O)O. The van der Waals surface area contributed by atoms with E-state index in [1.165, 1.54) is 0 Å². The Morgan fingerprint density at radius 1 is 1.25 bits per heavy atom. The summed E-state index contributed by atoms with van der Waals surface area (Å²) in [6.07, 6.45) is 0.490. The van der Waals surface area contributed by atoms with E-state index in [0.717, 1.165) is 44.2 Å². The van der Waals surface area contributed by atoms with Gasteiger partial charge in [0, 0.05) is 0 Å². The fourth-order valence-electron chi connectivity index (χ4n) is 2.66. The summed E-state index contributed by atoms with van der Waals surface area (Å²) in [5.41, 5.74) is -2.30. The second kappa shape index (κ2) is 7.40. The van der Waals surface area contributed by atoms with Crippen molar-refractivity contribution in [1.82, 2.24) is 4.98 Å². The van der Waals surface area contributed by atoms with Crippen LogP contribution in [-0.2, 0) is 5.41 Å². The third-order valence-electron chi connectivity index (χ3n) is 4.36. The molecule has 24 heavy (non-hydrogen) atoms. The lowest BCUT2D eigenvalue weighted by Gasteiger charge is -2.19. The maximum atomic E-state index is 13.2. The van der Waals surface area contributed by atoms with Gasteiger partial charge < -0.3 is 9.84 Å². The smallest absolute Gasteiger partial charge is 0.399 e. The number of pyridine rings is 1. The molecule has 0 amide bonds. The predicted molar refractivity (Wildman–Crippen MR) is 82.4 cm³/mol. The Morgan fingerprint density at radius 2 is 1.92 bits per heavy atom. The second-order valence-electron chi connectivity index (χ2n) is 6.20. The van der Waals surface area contributed by atoms with E-state index in [9.17, 15) is 18.0 Å². The van der Waals surface area contributed by atoms with Crippen LogP contribution < -0.4 is 4.74 Å². The summed E-state index contributed by atoms with van der Waals surface area (Å²) >= 11 is 0. The summed E-state index contributed by atoms with van der Waals surface area (Å²) in [5.74, 6) is -1.47. The third-order valence-corrected chi connectivity index (χ3v) is 4.36. The number of carboxylic acids is 1. The molecule has 1 saturated carbocycles. The van der Waals surface area contributed by atoms with Gasteiger partial charge in [0.25, 0.3) is 0 Å². The van der Waals surface area contributed by atoms with Crippen molar-refractivity contribution in [1.29, 1.82) is 0 Å². The number of halogens is 3. The van der Waals surface area contributed by atoms with Gasteiger partial charge in [-0.15, -0.1) is 0 Å². The standard InChI is InChI=1S/C17H22F3NO3/c1-2-3-4-5-6-11-24-14-12(15(22)23)7-8-13(21-14)16(9-10-16)17(18,19)20/h7-8H,2-6,9-11H2,1H3,(H,22,23). The van der Waals surface area contributed by atoms with Crippen molar-refractivity contribution in [2.75, 3.05) is 6.61 Å². The molecule has 7 heteroatoms. The highest BCUT2D eigenvalue weighted by atomic mass is 19.4. The molecule has 0 bridgehead atoms. The first kappa shape index (κ1) is 18.5. The van der Waals surface area contributed by atoms with Crippen LogP contribution >= 0.6 is 0 Å². The zero-order valence-corrected chi connectivity index (χ0v) is 13.7. The number of ether oxygens (including phenoxy) is 1. The van der Waals surface area contributed by atoms with Crippen LogP contribution in [0.1, 0.15) is 67.9 Å². The first-order valence-corrected chi connectivity index (χ1v) is 8.26. The molecule has 0 spiro atoms. The molecular weight excluding hydrogens is 323 g/mol. The number of rotatable bonds is 9. The third kappa shape index (κ3) is 3.99. The number of carboxylic acid groups (broad SMARTS) is 1. The lowest BCUT2D eigenvalue weighted by Crippen LogP contribution is -2.30. The minimum Gasteiger partial charge on any atom is -0.477 e. The number of hydrogen-bond donors (Lipinski definition) is 1. The van der Waals surface area contributed by atoms with E-state index in [-0.39, 0.29) is 36.6 Å². The second-order valence-corrected chi connectivity index (χ2v) is 6.20. The van der Waals surface area contributed by atoms with Gasteiger partial charge in [0.1, 0.15) is 11.0 Å². The molecule has 1 aliphatic rings. The van der Waals surface area contributed by atoms with Crippen LogP contribution in [0, 0.1) is 0 Å². The average Bonchev–Trinajstić information content (AvgIpc) is 3.32. The highest BCUT2D eigenvalue weighted by Crippen LogP contribution is 2.58. The van der Waals surface area contributed by atoms with E-state index < -0.39 is 17.6 Å². The molecule has 1 aliphatic carbocycles. The molecule has 0 aliphatic heterocycles. The summed E-state index contributed by atoms with van der Waals surface area (Å²) in [6, 6.07) is 2.31. The quantitative estimate of drug-likeness (QED) is 0.658. The molecule has 1 aromatic rings. The fourth-order valence-corrected chi connectivity index (χ4v) is 2.66. The zero-order valence-electron chi connectivity index (χ0n) is 13.7.